The predicted molar refractivity (Wildman–Crippen MR) is 112 cm³/mol. The van der Waals surface area contributed by atoms with Gasteiger partial charge in [0.25, 0.3) is 5.91 Å². The number of thiazole rings is 1. The fourth-order valence-electron chi connectivity index (χ4n) is 3.03. The molecule has 144 valence electrons. The first-order valence-electron chi connectivity index (χ1n) is 9.07. The Bertz CT molecular complexity index is 848. The highest BCUT2D eigenvalue weighted by atomic mass is 32.2. The maximum absolute atomic E-state index is 13.1. The maximum atomic E-state index is 13.1. The molecule has 1 aliphatic rings. The number of thioether (sulfide) groups is 1. The molecule has 0 radical (unpaired) electrons. The fourth-order valence-corrected chi connectivity index (χ4v) is 5.41. The van der Waals surface area contributed by atoms with E-state index in [1.54, 1.807) is 16.7 Å². The monoisotopic (exact) mass is 403 g/mol. The molecule has 2 amide bonds. The molecule has 1 aromatic carbocycles. The molecule has 1 atom stereocenters. The van der Waals surface area contributed by atoms with Crippen molar-refractivity contribution in [2.24, 2.45) is 5.92 Å². The van der Waals surface area contributed by atoms with Crippen LogP contribution in [0, 0.1) is 19.8 Å². The second-order valence-corrected chi connectivity index (χ2v) is 9.35. The van der Waals surface area contributed by atoms with Gasteiger partial charge >= 0.3 is 0 Å². The summed E-state index contributed by atoms with van der Waals surface area (Å²) in [5.41, 5.74) is 2.60. The molecule has 0 aliphatic carbocycles. The number of hydrogen-bond acceptors (Lipinski definition) is 5. The third-order valence-electron chi connectivity index (χ3n) is 4.35. The Balaban J connectivity index is 1.74. The van der Waals surface area contributed by atoms with Crippen LogP contribution in [0.3, 0.4) is 0 Å². The molecule has 1 saturated heterocycles. The van der Waals surface area contributed by atoms with E-state index in [0.717, 1.165) is 28.4 Å². The van der Waals surface area contributed by atoms with E-state index in [-0.39, 0.29) is 11.8 Å². The molecule has 2 heterocycles. The zero-order valence-corrected chi connectivity index (χ0v) is 17.7. The average Bonchev–Trinajstić information content (AvgIpc) is 3.20. The van der Waals surface area contributed by atoms with Crippen molar-refractivity contribution in [3.05, 3.63) is 45.4 Å². The molecule has 1 fully saturated rings. The van der Waals surface area contributed by atoms with Crippen LogP contribution in [0.1, 0.15) is 39.8 Å². The number of nitrogens with zero attached hydrogens (tertiary/aromatic N) is 2. The van der Waals surface area contributed by atoms with Gasteiger partial charge in [0, 0.05) is 17.9 Å². The molecule has 1 unspecified atom stereocenters. The van der Waals surface area contributed by atoms with Crippen molar-refractivity contribution in [2.75, 3.05) is 16.9 Å². The summed E-state index contributed by atoms with van der Waals surface area (Å²) in [6.45, 7) is 8.14. The summed E-state index contributed by atoms with van der Waals surface area (Å²) in [5.74, 6) is 1.41. The van der Waals surface area contributed by atoms with Crippen LogP contribution in [0.2, 0.25) is 0 Å². The number of aryl methyl sites for hydroxylation is 2. The molecular weight excluding hydrogens is 378 g/mol. The van der Waals surface area contributed by atoms with E-state index < -0.39 is 6.04 Å². The zero-order chi connectivity index (χ0) is 19.6. The number of nitrogens with one attached hydrogen (secondary N) is 1. The quantitative estimate of drug-likeness (QED) is 0.816. The van der Waals surface area contributed by atoms with Crippen LogP contribution in [0.5, 0.6) is 0 Å². The molecule has 3 rings (SSSR count). The topological polar surface area (TPSA) is 62.3 Å². The Morgan fingerprint density at radius 3 is 2.81 bits per heavy atom. The number of hydrogen-bond donors (Lipinski definition) is 1. The lowest BCUT2D eigenvalue weighted by atomic mass is 10.1. The van der Waals surface area contributed by atoms with Gasteiger partial charge in [-0.3, -0.25) is 9.59 Å². The highest BCUT2D eigenvalue weighted by Gasteiger charge is 2.36. The van der Waals surface area contributed by atoms with Gasteiger partial charge in [-0.15, -0.1) is 23.1 Å². The molecule has 1 aliphatic heterocycles. The summed E-state index contributed by atoms with van der Waals surface area (Å²) in [7, 11) is 0. The lowest BCUT2D eigenvalue weighted by Crippen LogP contribution is -2.44. The Morgan fingerprint density at radius 2 is 2.11 bits per heavy atom. The van der Waals surface area contributed by atoms with Gasteiger partial charge in [0.05, 0.1) is 16.6 Å². The van der Waals surface area contributed by atoms with Gasteiger partial charge in [-0.1, -0.05) is 26.0 Å². The molecule has 0 bridgehead atoms. The first kappa shape index (κ1) is 19.9. The summed E-state index contributed by atoms with van der Waals surface area (Å²) in [4.78, 5) is 32.8. The molecule has 5 nitrogen and oxygen atoms in total. The molecule has 2 aromatic rings. The first-order chi connectivity index (χ1) is 12.8. The normalized spacial score (nSPS) is 16.8. The molecular formula is C20H25N3O2S2. The number of rotatable bonds is 5. The number of carbonyl (C=O) groups excluding carboxylic acids is 2. The highest BCUT2D eigenvalue weighted by Crippen LogP contribution is 2.28. The minimum absolute atomic E-state index is 0.0885. The van der Waals surface area contributed by atoms with Crippen LogP contribution in [-0.2, 0) is 11.2 Å². The lowest BCUT2D eigenvalue weighted by molar-refractivity contribution is -0.119. The lowest BCUT2D eigenvalue weighted by Gasteiger charge is -2.22. The van der Waals surface area contributed by atoms with E-state index in [1.165, 1.54) is 11.3 Å². The molecule has 27 heavy (non-hydrogen) atoms. The van der Waals surface area contributed by atoms with Crippen LogP contribution in [0.4, 0.5) is 5.69 Å². The predicted octanol–water partition coefficient (Wildman–Crippen LogP) is 4.11. The van der Waals surface area contributed by atoms with Gasteiger partial charge in [0.2, 0.25) is 5.91 Å². The van der Waals surface area contributed by atoms with Crippen molar-refractivity contribution in [1.29, 1.82) is 0 Å². The number of benzene rings is 1. The van der Waals surface area contributed by atoms with Gasteiger partial charge < -0.3 is 10.2 Å². The first-order valence-corrected chi connectivity index (χ1v) is 11.0. The van der Waals surface area contributed by atoms with Gasteiger partial charge in [-0.25, -0.2) is 4.98 Å². The Morgan fingerprint density at radius 1 is 1.33 bits per heavy atom. The number of amides is 2. The van der Waals surface area contributed by atoms with E-state index in [2.05, 4.69) is 24.1 Å². The molecule has 7 heteroatoms. The third kappa shape index (κ3) is 4.71. The molecule has 1 N–H and O–H groups in total. The minimum atomic E-state index is -0.460. The van der Waals surface area contributed by atoms with Crippen molar-refractivity contribution >= 4 is 40.6 Å². The Hall–Kier alpha value is -1.86. The number of carbonyl (C=O) groups is 2. The van der Waals surface area contributed by atoms with Crippen molar-refractivity contribution in [2.45, 2.75) is 40.2 Å². The van der Waals surface area contributed by atoms with E-state index >= 15 is 0 Å². The second-order valence-electron chi connectivity index (χ2n) is 7.27. The van der Waals surface area contributed by atoms with Crippen LogP contribution >= 0.6 is 23.1 Å². The fraction of sp³-hybridized carbons (Fsp3) is 0.450. The third-order valence-corrected chi connectivity index (χ3v) is 6.53. The largest absolute Gasteiger partial charge is 0.324 e. The van der Waals surface area contributed by atoms with Crippen molar-refractivity contribution in [3.63, 3.8) is 0 Å². The van der Waals surface area contributed by atoms with E-state index in [0.29, 0.717) is 22.4 Å². The smallest absolute Gasteiger partial charge is 0.267 e. The average molecular weight is 404 g/mol. The molecule has 1 aromatic heterocycles. The standard InChI is InChI=1S/C20H25N3O2S2/c1-12(2)8-17-21-14(4)18(27-17)20(25)23-11-26-10-16(23)19(24)22-15-7-5-6-13(3)9-15/h5-7,9,12,16H,8,10-11H2,1-4H3,(H,22,24). The summed E-state index contributed by atoms with van der Waals surface area (Å²) < 4.78 is 0. The van der Waals surface area contributed by atoms with Gasteiger partial charge in [0.15, 0.2) is 0 Å². The van der Waals surface area contributed by atoms with Crippen molar-refractivity contribution in [3.8, 4) is 0 Å². The summed E-state index contributed by atoms with van der Waals surface area (Å²) in [6, 6.07) is 7.23. The van der Waals surface area contributed by atoms with Gasteiger partial charge in [-0.2, -0.15) is 0 Å². The minimum Gasteiger partial charge on any atom is -0.324 e. The SMILES string of the molecule is Cc1cccc(NC(=O)C2CSCN2C(=O)c2sc(CC(C)C)nc2C)c1. The highest BCUT2D eigenvalue weighted by molar-refractivity contribution is 7.99. The summed E-state index contributed by atoms with van der Waals surface area (Å²) in [6.07, 6.45) is 0.866. The second kappa shape index (κ2) is 8.44. The summed E-state index contributed by atoms with van der Waals surface area (Å²) in [5, 5.41) is 3.93. The molecule has 0 saturated carbocycles. The van der Waals surface area contributed by atoms with Crippen molar-refractivity contribution < 1.29 is 9.59 Å². The van der Waals surface area contributed by atoms with Gasteiger partial charge in [-0.05, 0) is 37.5 Å². The van der Waals surface area contributed by atoms with Crippen LogP contribution in [-0.4, -0.2) is 39.4 Å². The van der Waals surface area contributed by atoms with Crippen LogP contribution in [0.25, 0.3) is 0 Å². The number of anilines is 1. The van der Waals surface area contributed by atoms with E-state index in [9.17, 15) is 9.59 Å². The van der Waals surface area contributed by atoms with Crippen LogP contribution in [0.15, 0.2) is 24.3 Å². The Labute approximate surface area is 168 Å². The van der Waals surface area contributed by atoms with Gasteiger partial charge in [0.1, 0.15) is 10.9 Å². The maximum Gasteiger partial charge on any atom is 0.267 e. The summed E-state index contributed by atoms with van der Waals surface area (Å²) >= 11 is 3.07. The van der Waals surface area contributed by atoms with E-state index in [1.807, 2.05) is 38.1 Å². The Kier molecular flexibility index (Phi) is 6.22. The molecule has 0 spiro atoms. The zero-order valence-electron chi connectivity index (χ0n) is 16.1. The number of aromatic nitrogens is 1. The van der Waals surface area contributed by atoms with E-state index in [4.69, 9.17) is 0 Å². The van der Waals surface area contributed by atoms with Crippen LogP contribution < -0.4 is 5.32 Å². The van der Waals surface area contributed by atoms with Crippen molar-refractivity contribution in [1.82, 2.24) is 9.88 Å².